The smallest absolute Gasteiger partial charge is 0.318 e. The summed E-state index contributed by atoms with van der Waals surface area (Å²) in [5, 5.41) is 11.8. The van der Waals surface area contributed by atoms with E-state index in [2.05, 4.69) is 10.3 Å². The van der Waals surface area contributed by atoms with Crippen LogP contribution < -0.4 is 5.32 Å². The predicted octanol–water partition coefficient (Wildman–Crippen LogP) is 0.662. The van der Waals surface area contributed by atoms with Crippen LogP contribution in [-0.4, -0.2) is 44.1 Å². The highest BCUT2D eigenvalue weighted by molar-refractivity contribution is 5.76. The zero-order chi connectivity index (χ0) is 14.1. The molecule has 1 saturated carbocycles. The molecule has 1 aliphatic heterocycles. The number of carboxylic acid groups (broad SMARTS) is 1. The molecule has 1 aromatic heterocycles. The number of aromatic nitrogens is 2. The Bertz CT molecular complexity index is 523. The minimum Gasteiger partial charge on any atom is -0.481 e. The summed E-state index contributed by atoms with van der Waals surface area (Å²) < 4.78 is 2.03. The molecule has 2 heterocycles. The molecule has 0 aromatic carbocycles. The van der Waals surface area contributed by atoms with E-state index in [-0.39, 0.29) is 18.5 Å². The fraction of sp³-hybridized carbons (Fsp3) is 0.615. The van der Waals surface area contributed by atoms with Crippen LogP contribution in [0.15, 0.2) is 12.4 Å². The van der Waals surface area contributed by atoms with E-state index in [1.807, 2.05) is 10.8 Å². The number of imidazole rings is 1. The van der Waals surface area contributed by atoms with Crippen LogP contribution >= 0.6 is 0 Å². The number of hydrogen-bond acceptors (Lipinski definition) is 3. The Balaban J connectivity index is 1.60. The van der Waals surface area contributed by atoms with Crippen molar-refractivity contribution in [3.8, 4) is 0 Å². The first-order valence-corrected chi connectivity index (χ1v) is 6.90. The molecule has 1 fully saturated rings. The van der Waals surface area contributed by atoms with Gasteiger partial charge in [0.1, 0.15) is 5.82 Å². The summed E-state index contributed by atoms with van der Waals surface area (Å²) in [6, 6.07) is -0.431. The van der Waals surface area contributed by atoms with Crippen LogP contribution in [0.3, 0.4) is 0 Å². The lowest BCUT2D eigenvalue weighted by molar-refractivity contribution is -0.137. The van der Waals surface area contributed by atoms with Crippen LogP contribution in [-0.2, 0) is 17.9 Å². The van der Waals surface area contributed by atoms with Crippen molar-refractivity contribution in [3.05, 3.63) is 18.2 Å². The van der Waals surface area contributed by atoms with E-state index in [1.165, 1.54) is 0 Å². The average molecular weight is 278 g/mol. The quantitative estimate of drug-likeness (QED) is 0.847. The molecular weight excluding hydrogens is 260 g/mol. The molecule has 20 heavy (non-hydrogen) atoms. The summed E-state index contributed by atoms with van der Waals surface area (Å²) in [5.74, 6) is 0.325. The summed E-state index contributed by atoms with van der Waals surface area (Å²) >= 11 is 0. The third kappa shape index (κ3) is 2.76. The van der Waals surface area contributed by atoms with Gasteiger partial charge >= 0.3 is 12.0 Å². The van der Waals surface area contributed by atoms with Crippen molar-refractivity contribution in [2.45, 2.75) is 38.4 Å². The van der Waals surface area contributed by atoms with Gasteiger partial charge in [0.05, 0.1) is 13.0 Å². The maximum Gasteiger partial charge on any atom is 0.318 e. The molecule has 1 atom stereocenters. The fourth-order valence-electron chi connectivity index (χ4n) is 2.62. The molecule has 0 saturated heterocycles. The van der Waals surface area contributed by atoms with Gasteiger partial charge in [-0.15, -0.1) is 0 Å². The first-order chi connectivity index (χ1) is 9.63. The number of carbonyl (C=O) groups is 2. The van der Waals surface area contributed by atoms with Gasteiger partial charge in [-0.2, -0.15) is 0 Å². The van der Waals surface area contributed by atoms with Gasteiger partial charge in [-0.3, -0.25) is 4.79 Å². The highest BCUT2D eigenvalue weighted by Gasteiger charge is 2.35. The summed E-state index contributed by atoms with van der Waals surface area (Å²) in [4.78, 5) is 29.0. The highest BCUT2D eigenvalue weighted by Crippen LogP contribution is 2.34. The van der Waals surface area contributed by atoms with Crippen molar-refractivity contribution in [1.82, 2.24) is 19.8 Å². The molecule has 7 heteroatoms. The Labute approximate surface area is 116 Å². The second-order valence-electron chi connectivity index (χ2n) is 5.45. The second kappa shape index (κ2) is 5.15. The number of carbonyl (C=O) groups excluding carboxylic acids is 1. The van der Waals surface area contributed by atoms with Gasteiger partial charge in [-0.1, -0.05) is 0 Å². The molecule has 1 aliphatic carbocycles. The Hall–Kier alpha value is -2.05. The first kappa shape index (κ1) is 13.0. The van der Waals surface area contributed by atoms with Crippen LogP contribution in [0, 0.1) is 5.92 Å². The van der Waals surface area contributed by atoms with Gasteiger partial charge < -0.3 is 19.9 Å². The molecule has 3 rings (SSSR count). The van der Waals surface area contributed by atoms with Crippen LogP contribution in [0.5, 0.6) is 0 Å². The summed E-state index contributed by atoms with van der Waals surface area (Å²) in [5.41, 5.74) is 0. The zero-order valence-corrected chi connectivity index (χ0v) is 11.2. The van der Waals surface area contributed by atoms with E-state index < -0.39 is 5.97 Å². The number of aliphatic carboxylic acids is 1. The number of carboxylic acids is 1. The van der Waals surface area contributed by atoms with E-state index in [1.54, 1.807) is 11.1 Å². The molecule has 2 N–H and O–H groups in total. The van der Waals surface area contributed by atoms with E-state index in [4.69, 9.17) is 5.11 Å². The maximum absolute atomic E-state index is 12.2. The standard InChI is InChI=1S/C13H18N4O3/c18-12(19)7-10(9-1-2-9)15-13(20)17-6-5-16-4-3-14-11(16)8-17/h3-4,9-10H,1-2,5-8H2,(H,15,20)(H,18,19). The third-order valence-electron chi connectivity index (χ3n) is 3.93. The van der Waals surface area contributed by atoms with Gasteiger partial charge in [-0.25, -0.2) is 9.78 Å². The van der Waals surface area contributed by atoms with Gasteiger partial charge in [0.15, 0.2) is 0 Å². The monoisotopic (exact) mass is 278 g/mol. The zero-order valence-electron chi connectivity index (χ0n) is 11.2. The van der Waals surface area contributed by atoms with Crippen molar-refractivity contribution < 1.29 is 14.7 Å². The van der Waals surface area contributed by atoms with Crippen molar-refractivity contribution >= 4 is 12.0 Å². The van der Waals surface area contributed by atoms with Gasteiger partial charge in [-0.05, 0) is 18.8 Å². The first-order valence-electron chi connectivity index (χ1n) is 6.90. The third-order valence-corrected chi connectivity index (χ3v) is 3.93. The Morgan fingerprint density at radius 2 is 2.25 bits per heavy atom. The van der Waals surface area contributed by atoms with Crippen molar-refractivity contribution in [3.63, 3.8) is 0 Å². The molecule has 7 nitrogen and oxygen atoms in total. The molecule has 0 bridgehead atoms. The molecule has 108 valence electrons. The fourth-order valence-corrected chi connectivity index (χ4v) is 2.62. The lowest BCUT2D eigenvalue weighted by atomic mass is 10.1. The molecule has 0 spiro atoms. The largest absolute Gasteiger partial charge is 0.481 e. The molecular formula is C13H18N4O3. The maximum atomic E-state index is 12.2. The van der Waals surface area contributed by atoms with E-state index in [9.17, 15) is 9.59 Å². The van der Waals surface area contributed by atoms with Gasteiger partial charge in [0.2, 0.25) is 0 Å². The number of nitrogens with one attached hydrogen (secondary N) is 1. The van der Waals surface area contributed by atoms with Crippen molar-refractivity contribution in [1.29, 1.82) is 0 Å². The van der Waals surface area contributed by atoms with Gasteiger partial charge in [0, 0.05) is 31.5 Å². The van der Waals surface area contributed by atoms with E-state index in [0.717, 1.165) is 25.2 Å². The van der Waals surface area contributed by atoms with Crippen LogP contribution in [0.1, 0.15) is 25.1 Å². The topological polar surface area (TPSA) is 87.5 Å². The number of hydrogen-bond donors (Lipinski definition) is 2. The molecule has 2 aliphatic rings. The number of urea groups is 1. The highest BCUT2D eigenvalue weighted by atomic mass is 16.4. The minimum absolute atomic E-state index is 0.00112. The van der Waals surface area contributed by atoms with Crippen LogP contribution in [0.4, 0.5) is 4.79 Å². The SMILES string of the molecule is O=C(O)CC(NC(=O)N1CCn2ccnc2C1)C1CC1. The number of rotatable bonds is 4. The molecule has 0 radical (unpaired) electrons. The van der Waals surface area contributed by atoms with E-state index >= 15 is 0 Å². The predicted molar refractivity (Wildman–Crippen MR) is 69.9 cm³/mol. The summed E-state index contributed by atoms with van der Waals surface area (Å²) in [6.45, 7) is 1.83. The molecule has 2 amide bonds. The van der Waals surface area contributed by atoms with Crippen molar-refractivity contribution in [2.75, 3.05) is 6.54 Å². The normalized spacial score (nSPS) is 19.3. The molecule has 1 aromatic rings. The van der Waals surface area contributed by atoms with Gasteiger partial charge in [0.25, 0.3) is 0 Å². The summed E-state index contributed by atoms with van der Waals surface area (Å²) in [6.07, 6.45) is 5.64. The minimum atomic E-state index is -0.864. The van der Waals surface area contributed by atoms with Crippen LogP contribution in [0.2, 0.25) is 0 Å². The summed E-state index contributed by atoms with van der Waals surface area (Å²) in [7, 11) is 0. The Morgan fingerprint density at radius 3 is 2.95 bits per heavy atom. The lowest BCUT2D eigenvalue weighted by Gasteiger charge is -2.29. The molecule has 1 unspecified atom stereocenters. The second-order valence-corrected chi connectivity index (χ2v) is 5.45. The number of amides is 2. The van der Waals surface area contributed by atoms with Crippen LogP contribution in [0.25, 0.3) is 0 Å². The Morgan fingerprint density at radius 1 is 1.45 bits per heavy atom. The van der Waals surface area contributed by atoms with Crippen molar-refractivity contribution in [2.24, 2.45) is 5.92 Å². The lowest BCUT2D eigenvalue weighted by Crippen LogP contribution is -2.48. The average Bonchev–Trinajstić information content (AvgIpc) is 3.15. The van der Waals surface area contributed by atoms with E-state index in [0.29, 0.717) is 19.0 Å². The Kier molecular flexibility index (Phi) is 3.33. The number of nitrogens with zero attached hydrogens (tertiary/aromatic N) is 3. The number of fused-ring (bicyclic) bond motifs is 1.